The molecule has 0 aliphatic rings. The summed E-state index contributed by atoms with van der Waals surface area (Å²) in [6.07, 6.45) is 0. The first-order valence-electron chi connectivity index (χ1n) is 8.60. The molecule has 0 unspecified atom stereocenters. The summed E-state index contributed by atoms with van der Waals surface area (Å²) in [6.45, 7) is 0. The molecule has 3 aromatic carbocycles. The lowest BCUT2D eigenvalue weighted by Gasteiger charge is -2.13. The molecular weight excluding hydrogens is 360 g/mol. The van der Waals surface area contributed by atoms with Crippen LogP contribution in [0, 0.1) is 0 Å². The summed E-state index contributed by atoms with van der Waals surface area (Å²) in [7, 11) is 0.582. The SMILES string of the molecule is COc1ccc(C[S+](=O)(Cc2ccc(OC)cc2)Oc2ccccc2)cc1. The van der Waals surface area contributed by atoms with Gasteiger partial charge >= 0.3 is 0 Å². The van der Waals surface area contributed by atoms with Gasteiger partial charge in [-0.2, -0.15) is 0 Å². The quantitative estimate of drug-likeness (QED) is 0.519. The van der Waals surface area contributed by atoms with Crippen LogP contribution in [0.3, 0.4) is 0 Å². The molecule has 27 heavy (non-hydrogen) atoms. The van der Waals surface area contributed by atoms with Crippen LogP contribution in [-0.2, 0) is 25.9 Å². The van der Waals surface area contributed by atoms with E-state index < -0.39 is 10.2 Å². The van der Waals surface area contributed by atoms with Gasteiger partial charge in [0, 0.05) is 11.1 Å². The molecule has 0 bridgehead atoms. The molecule has 0 spiro atoms. The predicted octanol–water partition coefficient (Wildman–Crippen LogP) is 4.90. The van der Waals surface area contributed by atoms with Crippen molar-refractivity contribution in [1.82, 2.24) is 0 Å². The molecule has 0 fully saturated rings. The number of ether oxygens (including phenoxy) is 2. The second kappa shape index (κ2) is 8.73. The van der Waals surface area contributed by atoms with Crippen LogP contribution in [0.2, 0.25) is 0 Å². The molecule has 0 radical (unpaired) electrons. The van der Waals surface area contributed by atoms with Crippen LogP contribution >= 0.6 is 0 Å². The van der Waals surface area contributed by atoms with Crippen molar-refractivity contribution < 1.29 is 17.9 Å². The van der Waals surface area contributed by atoms with E-state index in [-0.39, 0.29) is 0 Å². The van der Waals surface area contributed by atoms with Gasteiger partial charge in [-0.25, -0.2) is 0 Å². The Morgan fingerprint density at radius 3 is 1.48 bits per heavy atom. The maximum Gasteiger partial charge on any atom is 0.267 e. The summed E-state index contributed by atoms with van der Waals surface area (Å²) in [6, 6.07) is 24.4. The van der Waals surface area contributed by atoms with Crippen molar-refractivity contribution in [1.29, 1.82) is 0 Å². The predicted molar refractivity (Wildman–Crippen MR) is 109 cm³/mol. The Balaban J connectivity index is 1.85. The zero-order valence-electron chi connectivity index (χ0n) is 15.5. The normalized spacial score (nSPS) is 11.0. The summed E-state index contributed by atoms with van der Waals surface area (Å²) >= 11 is 0. The standard InChI is InChI=1S/C22H23O4S/c1-24-20-12-8-18(9-13-20)16-27(23,26-22-6-4-3-5-7-22)17-19-10-14-21(25-2)15-11-19/h3-15H,16-17H2,1-2H3/q+1. The first-order valence-corrected chi connectivity index (χ1v) is 10.4. The monoisotopic (exact) mass is 383 g/mol. The van der Waals surface area contributed by atoms with Gasteiger partial charge in [0.05, 0.1) is 14.2 Å². The number of hydrogen-bond acceptors (Lipinski definition) is 4. The highest BCUT2D eigenvalue weighted by molar-refractivity contribution is 7.97. The third kappa shape index (κ3) is 5.34. The zero-order chi connectivity index (χ0) is 19.1. The van der Waals surface area contributed by atoms with Crippen molar-refractivity contribution in [2.24, 2.45) is 0 Å². The first kappa shape index (κ1) is 19.0. The van der Waals surface area contributed by atoms with Crippen molar-refractivity contribution in [2.75, 3.05) is 14.2 Å². The van der Waals surface area contributed by atoms with E-state index in [1.165, 1.54) is 0 Å². The van der Waals surface area contributed by atoms with Crippen LogP contribution in [0.4, 0.5) is 0 Å². The molecule has 0 saturated heterocycles. The van der Waals surface area contributed by atoms with Gasteiger partial charge in [0.1, 0.15) is 11.5 Å². The van der Waals surface area contributed by atoms with Gasteiger partial charge in [-0.15, -0.1) is 0 Å². The largest absolute Gasteiger partial charge is 0.497 e. The molecule has 4 nitrogen and oxygen atoms in total. The third-order valence-corrected chi connectivity index (χ3v) is 6.13. The molecule has 3 rings (SSSR count). The van der Waals surface area contributed by atoms with Gasteiger partial charge in [0.2, 0.25) is 0 Å². The molecular formula is C22H23O4S+. The lowest BCUT2D eigenvalue weighted by molar-refractivity contribution is 0.414. The highest BCUT2D eigenvalue weighted by Gasteiger charge is 2.32. The number of benzene rings is 3. The minimum atomic E-state index is -2.67. The van der Waals surface area contributed by atoms with Gasteiger partial charge in [-0.1, -0.05) is 46.7 Å². The van der Waals surface area contributed by atoms with Gasteiger partial charge in [0.15, 0.2) is 17.3 Å². The Kier molecular flexibility index (Phi) is 6.14. The Morgan fingerprint density at radius 2 is 1.07 bits per heavy atom. The van der Waals surface area contributed by atoms with Crippen molar-refractivity contribution in [3.63, 3.8) is 0 Å². The highest BCUT2D eigenvalue weighted by atomic mass is 32.3. The van der Waals surface area contributed by atoms with Gasteiger partial charge in [-0.05, 0) is 36.4 Å². The number of para-hydroxylation sites is 1. The van der Waals surface area contributed by atoms with Crippen molar-refractivity contribution in [2.45, 2.75) is 11.5 Å². The molecule has 3 aromatic rings. The second-order valence-electron chi connectivity index (χ2n) is 6.12. The van der Waals surface area contributed by atoms with Gasteiger partial charge in [0.25, 0.3) is 10.2 Å². The number of methoxy groups -OCH3 is 2. The molecule has 0 aliphatic heterocycles. The molecule has 0 aliphatic carbocycles. The number of rotatable bonds is 8. The lowest BCUT2D eigenvalue weighted by Crippen LogP contribution is -2.23. The molecule has 0 heterocycles. The Bertz CT molecular complexity index is 836. The molecule has 0 saturated carbocycles. The van der Waals surface area contributed by atoms with Crippen molar-refractivity contribution in [3.8, 4) is 17.2 Å². The van der Waals surface area contributed by atoms with Gasteiger partial charge < -0.3 is 9.47 Å². The van der Waals surface area contributed by atoms with E-state index in [1.807, 2.05) is 78.9 Å². The minimum Gasteiger partial charge on any atom is -0.497 e. The van der Waals surface area contributed by atoms with E-state index in [0.29, 0.717) is 17.3 Å². The van der Waals surface area contributed by atoms with Crippen LogP contribution in [0.1, 0.15) is 11.1 Å². The average molecular weight is 383 g/mol. The van der Waals surface area contributed by atoms with E-state index in [4.69, 9.17) is 13.7 Å². The Hall–Kier alpha value is -2.79. The smallest absolute Gasteiger partial charge is 0.267 e. The molecule has 0 N–H and O–H groups in total. The van der Waals surface area contributed by atoms with Crippen LogP contribution in [-0.4, -0.2) is 14.2 Å². The van der Waals surface area contributed by atoms with E-state index in [2.05, 4.69) is 0 Å². The van der Waals surface area contributed by atoms with Crippen molar-refractivity contribution in [3.05, 3.63) is 90.0 Å². The Morgan fingerprint density at radius 1 is 0.630 bits per heavy atom. The topological polar surface area (TPSA) is 44.8 Å². The number of hydrogen-bond donors (Lipinski definition) is 0. The van der Waals surface area contributed by atoms with Crippen LogP contribution in [0.15, 0.2) is 78.9 Å². The summed E-state index contributed by atoms with van der Waals surface area (Å²) in [5.41, 5.74) is 1.87. The second-order valence-corrected chi connectivity index (χ2v) is 8.36. The molecule has 0 atom stereocenters. The molecule has 5 heteroatoms. The van der Waals surface area contributed by atoms with Crippen molar-refractivity contribution >= 4 is 10.2 Å². The summed E-state index contributed by atoms with van der Waals surface area (Å²) in [4.78, 5) is 0. The highest BCUT2D eigenvalue weighted by Crippen LogP contribution is 2.26. The third-order valence-electron chi connectivity index (χ3n) is 4.08. The van der Waals surface area contributed by atoms with E-state index in [9.17, 15) is 4.21 Å². The summed E-state index contributed by atoms with van der Waals surface area (Å²) in [5, 5.41) is 0. The maximum absolute atomic E-state index is 13.7. The molecule has 140 valence electrons. The summed E-state index contributed by atoms with van der Waals surface area (Å²) in [5.74, 6) is 2.77. The van der Waals surface area contributed by atoms with E-state index in [0.717, 1.165) is 22.6 Å². The summed E-state index contributed by atoms with van der Waals surface area (Å²) < 4.78 is 30.1. The van der Waals surface area contributed by atoms with E-state index >= 15 is 0 Å². The van der Waals surface area contributed by atoms with Crippen LogP contribution in [0.25, 0.3) is 0 Å². The first-order chi connectivity index (χ1) is 13.1. The molecule has 0 amide bonds. The average Bonchev–Trinajstić information content (AvgIpc) is 2.69. The van der Waals surface area contributed by atoms with Crippen LogP contribution in [0.5, 0.6) is 17.2 Å². The van der Waals surface area contributed by atoms with Crippen LogP contribution < -0.4 is 13.7 Å². The minimum absolute atomic E-state index is 0.317. The fraction of sp³-hybridized carbons (Fsp3) is 0.182. The fourth-order valence-corrected chi connectivity index (χ4v) is 4.80. The van der Waals surface area contributed by atoms with Gasteiger partial charge in [-0.3, -0.25) is 4.18 Å². The van der Waals surface area contributed by atoms with E-state index in [1.54, 1.807) is 14.2 Å². The Labute approximate surface area is 161 Å². The zero-order valence-corrected chi connectivity index (χ0v) is 16.3. The molecule has 0 aromatic heterocycles. The fourth-order valence-electron chi connectivity index (χ4n) is 2.71. The maximum atomic E-state index is 13.7. The lowest BCUT2D eigenvalue weighted by atomic mass is 10.2.